The Hall–Kier alpha value is -0.950. The van der Waals surface area contributed by atoms with Gasteiger partial charge in [0.15, 0.2) is 0 Å². The van der Waals surface area contributed by atoms with Crippen LogP contribution >= 0.6 is 0 Å². The highest BCUT2D eigenvalue weighted by molar-refractivity contribution is 7.89. The van der Waals surface area contributed by atoms with Crippen LogP contribution in [0.1, 0.15) is 49.8 Å². The Morgan fingerprint density at radius 2 is 2.00 bits per heavy atom. The van der Waals surface area contributed by atoms with Crippen LogP contribution in [0.5, 0.6) is 0 Å². The summed E-state index contributed by atoms with van der Waals surface area (Å²) in [5.74, 6) is 0. The fourth-order valence-corrected chi connectivity index (χ4v) is 4.51. The highest BCUT2D eigenvalue weighted by Gasteiger charge is 2.29. The van der Waals surface area contributed by atoms with E-state index in [0.717, 1.165) is 25.8 Å². The largest absolute Gasteiger partial charge is 0.392 e. The van der Waals surface area contributed by atoms with Crippen molar-refractivity contribution in [3.8, 4) is 0 Å². The first-order valence-corrected chi connectivity index (χ1v) is 10.0. The molecule has 1 heterocycles. The van der Waals surface area contributed by atoms with Crippen LogP contribution in [0.2, 0.25) is 0 Å². The Morgan fingerprint density at radius 3 is 2.61 bits per heavy atom. The van der Waals surface area contributed by atoms with Gasteiger partial charge in [-0.2, -0.15) is 0 Å². The number of likely N-dealkylation sites (tertiary alicyclic amines) is 1. The topological polar surface area (TPSA) is 83.6 Å². The second-order valence-corrected chi connectivity index (χ2v) is 8.18. The first-order chi connectivity index (χ1) is 10.9. The van der Waals surface area contributed by atoms with Crippen molar-refractivity contribution < 1.29 is 13.5 Å². The molecule has 0 saturated carbocycles. The second-order valence-electron chi connectivity index (χ2n) is 6.43. The Labute approximate surface area is 139 Å². The monoisotopic (exact) mass is 340 g/mol. The molecule has 0 amide bonds. The fraction of sp³-hybridized carbons (Fsp3) is 0.647. The van der Waals surface area contributed by atoms with Crippen molar-refractivity contribution in [3.05, 3.63) is 35.9 Å². The highest BCUT2D eigenvalue weighted by atomic mass is 32.2. The van der Waals surface area contributed by atoms with Crippen LogP contribution in [0.15, 0.2) is 30.3 Å². The molecule has 0 bridgehead atoms. The van der Waals surface area contributed by atoms with E-state index >= 15 is 0 Å². The molecule has 6 heteroatoms. The van der Waals surface area contributed by atoms with Gasteiger partial charge in [-0.1, -0.05) is 43.7 Å². The van der Waals surface area contributed by atoms with E-state index in [1.807, 2.05) is 6.07 Å². The minimum atomic E-state index is -3.75. The lowest BCUT2D eigenvalue weighted by Gasteiger charge is -2.36. The van der Waals surface area contributed by atoms with Crippen LogP contribution in [0.25, 0.3) is 0 Å². The molecule has 0 radical (unpaired) electrons. The van der Waals surface area contributed by atoms with Gasteiger partial charge in [0.1, 0.15) is 5.25 Å². The number of hydrogen-bond acceptors (Lipinski definition) is 4. The maximum atomic E-state index is 11.9. The number of β-amino-alcohol motifs (C(OH)–C–C–N with tert-alkyl or cyclic N) is 1. The number of nitrogens with two attached hydrogens (primary N) is 1. The molecular formula is C17H28N2O3S. The third-order valence-corrected chi connectivity index (χ3v) is 5.98. The molecule has 1 aliphatic heterocycles. The molecule has 23 heavy (non-hydrogen) atoms. The van der Waals surface area contributed by atoms with Gasteiger partial charge < -0.3 is 5.11 Å². The zero-order chi connectivity index (χ0) is 16.9. The summed E-state index contributed by atoms with van der Waals surface area (Å²) in [6.45, 7) is 3.64. The molecule has 1 aromatic rings. The Kier molecular flexibility index (Phi) is 6.59. The smallest absolute Gasteiger partial charge is 0.216 e. The average molecular weight is 340 g/mol. The number of sulfonamides is 1. The molecule has 2 rings (SSSR count). The van der Waals surface area contributed by atoms with Crippen LogP contribution < -0.4 is 5.14 Å². The summed E-state index contributed by atoms with van der Waals surface area (Å²) in [5.41, 5.74) is 0.639. The lowest BCUT2D eigenvalue weighted by Crippen LogP contribution is -2.44. The number of piperidine rings is 1. The van der Waals surface area contributed by atoms with Crippen LogP contribution in [0, 0.1) is 0 Å². The molecule has 3 atom stereocenters. The maximum absolute atomic E-state index is 11.9. The predicted octanol–water partition coefficient (Wildman–Crippen LogP) is 2.03. The molecule has 1 saturated heterocycles. The molecule has 130 valence electrons. The summed E-state index contributed by atoms with van der Waals surface area (Å²) in [4.78, 5) is 2.29. The van der Waals surface area contributed by atoms with Crippen molar-refractivity contribution in [1.29, 1.82) is 0 Å². The summed E-state index contributed by atoms with van der Waals surface area (Å²) in [7, 11) is -3.75. The van der Waals surface area contributed by atoms with Crippen LogP contribution in [0.3, 0.4) is 0 Å². The number of aliphatic hydroxyl groups excluding tert-OH is 1. The van der Waals surface area contributed by atoms with Crippen LogP contribution in [-0.2, 0) is 10.0 Å². The first-order valence-electron chi connectivity index (χ1n) is 8.40. The molecule has 1 fully saturated rings. The van der Waals surface area contributed by atoms with Gasteiger partial charge in [-0.15, -0.1) is 0 Å². The summed E-state index contributed by atoms with van der Waals surface area (Å²) in [6.07, 6.45) is 4.01. The van der Waals surface area contributed by atoms with Gasteiger partial charge >= 0.3 is 0 Å². The second kappa shape index (κ2) is 8.24. The van der Waals surface area contributed by atoms with Gasteiger partial charge in [-0.05, 0) is 37.8 Å². The van der Waals surface area contributed by atoms with Gasteiger partial charge in [0.25, 0.3) is 0 Å². The number of rotatable bonds is 7. The number of hydrogen-bond donors (Lipinski definition) is 2. The van der Waals surface area contributed by atoms with Crippen molar-refractivity contribution >= 4 is 10.0 Å². The molecular weight excluding hydrogens is 312 g/mol. The van der Waals surface area contributed by atoms with E-state index in [0.29, 0.717) is 18.2 Å². The van der Waals surface area contributed by atoms with E-state index in [9.17, 15) is 13.5 Å². The normalized spacial score (nSPS) is 22.7. The lowest BCUT2D eigenvalue weighted by atomic mass is 9.98. The minimum Gasteiger partial charge on any atom is -0.392 e. The number of nitrogens with zero attached hydrogens (tertiary/aromatic N) is 1. The van der Waals surface area contributed by atoms with E-state index < -0.39 is 21.4 Å². The van der Waals surface area contributed by atoms with Crippen molar-refractivity contribution in [2.24, 2.45) is 5.14 Å². The highest BCUT2D eigenvalue weighted by Crippen LogP contribution is 2.27. The van der Waals surface area contributed by atoms with Gasteiger partial charge in [0.05, 0.1) is 6.10 Å². The average Bonchev–Trinajstić information content (AvgIpc) is 2.53. The SMILES string of the molecule is CC[C@H]1CCCCN1C[C@H](O)CC(c1ccccc1)S(N)(=O)=O. The van der Waals surface area contributed by atoms with Gasteiger partial charge in [0.2, 0.25) is 10.0 Å². The third-order valence-electron chi connectivity index (χ3n) is 4.72. The molecule has 3 N–H and O–H groups in total. The lowest BCUT2D eigenvalue weighted by molar-refractivity contribution is 0.0610. The Balaban J connectivity index is 2.05. The zero-order valence-electron chi connectivity index (χ0n) is 13.8. The summed E-state index contributed by atoms with van der Waals surface area (Å²) in [5, 5.41) is 15.0. The van der Waals surface area contributed by atoms with Gasteiger partial charge in [-0.3, -0.25) is 4.90 Å². The Morgan fingerprint density at radius 1 is 1.30 bits per heavy atom. The van der Waals surface area contributed by atoms with E-state index in [4.69, 9.17) is 5.14 Å². The summed E-state index contributed by atoms with van der Waals surface area (Å²) < 4.78 is 23.9. The van der Waals surface area contributed by atoms with E-state index in [1.54, 1.807) is 24.3 Å². The van der Waals surface area contributed by atoms with Crippen LogP contribution in [0.4, 0.5) is 0 Å². The first kappa shape index (κ1) is 18.4. The van der Waals surface area contributed by atoms with Gasteiger partial charge in [0, 0.05) is 12.6 Å². The molecule has 1 unspecified atom stereocenters. The number of aliphatic hydroxyl groups is 1. The van der Waals surface area contributed by atoms with E-state index in [1.165, 1.54) is 6.42 Å². The third kappa shape index (κ3) is 5.28. The minimum absolute atomic E-state index is 0.135. The standard InChI is InChI=1S/C17H28N2O3S/c1-2-15-10-6-7-11-19(15)13-16(20)12-17(23(18,21)22)14-8-4-3-5-9-14/h3-5,8-9,15-17,20H,2,6-7,10-13H2,1H3,(H2,18,21,22)/t15-,16+,17?/m0/s1. The maximum Gasteiger partial charge on any atom is 0.216 e. The zero-order valence-corrected chi connectivity index (χ0v) is 14.6. The van der Waals surface area contributed by atoms with Crippen molar-refractivity contribution in [3.63, 3.8) is 0 Å². The molecule has 0 aromatic heterocycles. The summed E-state index contributed by atoms with van der Waals surface area (Å²) in [6, 6.07) is 9.40. The predicted molar refractivity (Wildman–Crippen MR) is 92.4 cm³/mol. The molecule has 1 aliphatic rings. The van der Waals surface area contributed by atoms with Crippen molar-refractivity contribution in [2.45, 2.75) is 56.4 Å². The van der Waals surface area contributed by atoms with E-state index in [2.05, 4.69) is 11.8 Å². The van der Waals surface area contributed by atoms with Crippen molar-refractivity contribution in [1.82, 2.24) is 4.90 Å². The number of primary sulfonamides is 1. The molecule has 1 aromatic carbocycles. The Bertz CT molecular complexity index is 577. The molecule has 0 spiro atoms. The van der Waals surface area contributed by atoms with Crippen molar-refractivity contribution in [2.75, 3.05) is 13.1 Å². The van der Waals surface area contributed by atoms with Crippen LogP contribution in [-0.4, -0.2) is 43.7 Å². The molecule has 5 nitrogen and oxygen atoms in total. The van der Waals surface area contributed by atoms with Gasteiger partial charge in [-0.25, -0.2) is 13.6 Å². The summed E-state index contributed by atoms with van der Waals surface area (Å²) >= 11 is 0. The van der Waals surface area contributed by atoms with E-state index in [-0.39, 0.29) is 6.42 Å². The fourth-order valence-electron chi connectivity index (χ4n) is 3.48. The molecule has 0 aliphatic carbocycles. The number of benzene rings is 1. The quantitative estimate of drug-likeness (QED) is 0.795.